The maximum absolute atomic E-state index is 12.5. The van der Waals surface area contributed by atoms with Gasteiger partial charge in [0, 0.05) is 30.5 Å². The van der Waals surface area contributed by atoms with Crippen molar-refractivity contribution in [1.29, 1.82) is 0 Å². The van der Waals surface area contributed by atoms with E-state index in [2.05, 4.69) is 20.9 Å². The smallest absolute Gasteiger partial charge is 0.261 e. The van der Waals surface area contributed by atoms with E-state index in [0.29, 0.717) is 37.1 Å². The quantitative estimate of drug-likeness (QED) is 0.815. The molecule has 1 aliphatic heterocycles. The number of carbonyl (C=O) groups excluding carboxylic acids is 1. The first-order chi connectivity index (χ1) is 11.0. The van der Waals surface area contributed by atoms with Gasteiger partial charge in [-0.2, -0.15) is 0 Å². The molecule has 0 bridgehead atoms. The number of aromatic nitrogens is 2. The maximum Gasteiger partial charge on any atom is 0.261 e. The molecule has 3 rings (SSSR count). The number of nitrogens with zero attached hydrogens (tertiary/aromatic N) is 3. The number of hydrogen-bond acceptors (Lipinski definition) is 4. The molecule has 7 heteroatoms. The van der Waals surface area contributed by atoms with Gasteiger partial charge in [0.1, 0.15) is 0 Å². The van der Waals surface area contributed by atoms with Crippen molar-refractivity contribution in [2.75, 3.05) is 19.7 Å². The molecule has 1 aromatic carbocycles. The molecule has 1 aromatic heterocycles. The number of fused-ring (bicyclic) bond motifs is 1. The minimum atomic E-state index is -0.126. The molecule has 1 unspecified atom stereocenters. The lowest BCUT2D eigenvalue weighted by molar-refractivity contribution is -0.138. The summed E-state index contributed by atoms with van der Waals surface area (Å²) in [6.45, 7) is 4.07. The highest BCUT2D eigenvalue weighted by atomic mass is 79.9. The van der Waals surface area contributed by atoms with Crippen LogP contribution in [-0.2, 0) is 16.1 Å². The summed E-state index contributed by atoms with van der Waals surface area (Å²) >= 11 is 3.36. The largest absolute Gasteiger partial charge is 0.375 e. The molecular formula is C16H18BrN3O3. The number of halogens is 1. The number of rotatable bonds is 3. The first-order valence-corrected chi connectivity index (χ1v) is 8.38. The molecule has 2 heterocycles. The van der Waals surface area contributed by atoms with Gasteiger partial charge in [0.15, 0.2) is 0 Å². The predicted octanol–water partition coefficient (Wildman–Crippen LogP) is 1.80. The highest BCUT2D eigenvalue weighted by Gasteiger charge is 2.21. The van der Waals surface area contributed by atoms with E-state index < -0.39 is 0 Å². The second kappa shape index (κ2) is 6.80. The van der Waals surface area contributed by atoms with Gasteiger partial charge in [0.25, 0.3) is 5.56 Å². The number of carbonyl (C=O) groups is 1. The number of hydrogen-bond donors (Lipinski definition) is 0. The van der Waals surface area contributed by atoms with E-state index in [1.54, 1.807) is 17.0 Å². The van der Waals surface area contributed by atoms with Crippen LogP contribution in [-0.4, -0.2) is 46.2 Å². The number of amides is 1. The molecule has 0 aliphatic carbocycles. The normalized spacial score (nSPS) is 18.3. The molecule has 1 saturated heterocycles. The van der Waals surface area contributed by atoms with Gasteiger partial charge in [-0.1, -0.05) is 15.9 Å². The van der Waals surface area contributed by atoms with Gasteiger partial charge in [-0.3, -0.25) is 14.2 Å². The van der Waals surface area contributed by atoms with Crippen molar-refractivity contribution in [2.24, 2.45) is 0 Å². The number of benzene rings is 1. The van der Waals surface area contributed by atoms with E-state index in [1.807, 2.05) is 13.0 Å². The summed E-state index contributed by atoms with van der Waals surface area (Å²) < 4.78 is 7.77. The molecule has 0 saturated carbocycles. The molecule has 23 heavy (non-hydrogen) atoms. The molecule has 6 nitrogen and oxygen atoms in total. The summed E-state index contributed by atoms with van der Waals surface area (Å²) in [5.74, 6) is 0.0430. The van der Waals surface area contributed by atoms with Gasteiger partial charge in [-0.15, -0.1) is 0 Å². The summed E-state index contributed by atoms with van der Waals surface area (Å²) in [5.41, 5.74) is 0.530. The summed E-state index contributed by atoms with van der Waals surface area (Å²) in [5, 5.41) is 0.550. The minimum Gasteiger partial charge on any atom is -0.375 e. The molecule has 0 N–H and O–H groups in total. The molecule has 1 atom stereocenters. The summed E-state index contributed by atoms with van der Waals surface area (Å²) in [4.78, 5) is 30.8. The minimum absolute atomic E-state index is 0.0430. The first kappa shape index (κ1) is 16.1. The van der Waals surface area contributed by atoms with Crippen LogP contribution in [0.5, 0.6) is 0 Å². The molecule has 0 radical (unpaired) electrons. The Bertz CT molecular complexity index is 790. The summed E-state index contributed by atoms with van der Waals surface area (Å²) in [7, 11) is 0. The van der Waals surface area contributed by atoms with Gasteiger partial charge in [-0.05, 0) is 25.1 Å². The van der Waals surface area contributed by atoms with Crippen LogP contribution in [0.25, 0.3) is 10.9 Å². The van der Waals surface area contributed by atoms with Crippen LogP contribution in [0.4, 0.5) is 0 Å². The number of ether oxygens (including phenoxy) is 1. The fourth-order valence-corrected chi connectivity index (χ4v) is 3.07. The van der Waals surface area contributed by atoms with Crippen molar-refractivity contribution >= 4 is 32.7 Å². The highest BCUT2D eigenvalue weighted by Crippen LogP contribution is 2.15. The summed E-state index contributed by atoms with van der Waals surface area (Å²) in [6, 6.07) is 5.40. The van der Waals surface area contributed by atoms with Crippen molar-refractivity contribution in [3.8, 4) is 0 Å². The summed E-state index contributed by atoms with van der Waals surface area (Å²) in [6.07, 6.45) is 1.86. The lowest BCUT2D eigenvalue weighted by atomic mass is 10.2. The Morgan fingerprint density at radius 2 is 2.30 bits per heavy atom. The van der Waals surface area contributed by atoms with Crippen molar-refractivity contribution in [1.82, 2.24) is 14.5 Å². The molecule has 1 amide bonds. The van der Waals surface area contributed by atoms with Crippen LogP contribution >= 0.6 is 15.9 Å². The fourth-order valence-electron chi connectivity index (χ4n) is 2.71. The van der Waals surface area contributed by atoms with Crippen LogP contribution in [0.1, 0.15) is 13.3 Å². The fraction of sp³-hybridized carbons (Fsp3) is 0.438. The van der Waals surface area contributed by atoms with Crippen LogP contribution in [0.2, 0.25) is 0 Å². The SMILES string of the molecule is CC1CN(C(=O)CCn2cnc3ccc(Br)cc3c2=O)CCO1. The average Bonchev–Trinajstić information content (AvgIpc) is 2.54. The van der Waals surface area contributed by atoms with E-state index in [-0.39, 0.29) is 24.0 Å². The molecule has 122 valence electrons. The molecule has 0 spiro atoms. The number of morpholine rings is 1. The number of aryl methyl sites for hydroxylation is 1. The molecular weight excluding hydrogens is 362 g/mol. The van der Waals surface area contributed by atoms with Crippen LogP contribution in [0, 0.1) is 0 Å². The van der Waals surface area contributed by atoms with Crippen molar-refractivity contribution < 1.29 is 9.53 Å². The Labute approximate surface area is 142 Å². The van der Waals surface area contributed by atoms with Gasteiger partial charge in [0.2, 0.25) is 5.91 Å². The van der Waals surface area contributed by atoms with Crippen molar-refractivity contribution in [3.63, 3.8) is 0 Å². The van der Waals surface area contributed by atoms with Crippen LogP contribution in [0.3, 0.4) is 0 Å². The van der Waals surface area contributed by atoms with Crippen molar-refractivity contribution in [3.05, 3.63) is 39.4 Å². The lowest BCUT2D eigenvalue weighted by Crippen LogP contribution is -2.44. The monoisotopic (exact) mass is 379 g/mol. The third-order valence-electron chi connectivity index (χ3n) is 3.95. The lowest BCUT2D eigenvalue weighted by Gasteiger charge is -2.31. The zero-order valence-corrected chi connectivity index (χ0v) is 14.5. The topological polar surface area (TPSA) is 64.4 Å². The third-order valence-corrected chi connectivity index (χ3v) is 4.44. The standard InChI is InChI=1S/C16H18BrN3O3/c1-11-9-19(6-7-23-11)15(21)4-5-20-10-18-14-3-2-12(17)8-13(14)16(20)22/h2-3,8,10-11H,4-7,9H2,1H3. The van der Waals surface area contributed by atoms with E-state index in [9.17, 15) is 9.59 Å². The second-order valence-corrected chi connectivity index (χ2v) is 6.59. The van der Waals surface area contributed by atoms with E-state index in [1.165, 1.54) is 10.9 Å². The first-order valence-electron chi connectivity index (χ1n) is 7.58. The van der Waals surface area contributed by atoms with Crippen LogP contribution in [0.15, 0.2) is 33.8 Å². The Morgan fingerprint density at radius 1 is 1.48 bits per heavy atom. The second-order valence-electron chi connectivity index (χ2n) is 5.68. The van der Waals surface area contributed by atoms with Gasteiger partial charge < -0.3 is 9.64 Å². The zero-order valence-electron chi connectivity index (χ0n) is 12.9. The Hall–Kier alpha value is -1.73. The van der Waals surface area contributed by atoms with Crippen molar-refractivity contribution in [2.45, 2.75) is 26.0 Å². The molecule has 1 fully saturated rings. The third kappa shape index (κ3) is 3.61. The Balaban J connectivity index is 1.73. The maximum atomic E-state index is 12.5. The highest BCUT2D eigenvalue weighted by molar-refractivity contribution is 9.10. The van der Waals surface area contributed by atoms with E-state index in [4.69, 9.17) is 4.74 Å². The van der Waals surface area contributed by atoms with Gasteiger partial charge in [-0.25, -0.2) is 4.98 Å². The Kier molecular flexibility index (Phi) is 4.77. The van der Waals surface area contributed by atoms with Gasteiger partial charge in [0.05, 0.1) is 29.9 Å². The molecule has 1 aliphatic rings. The van der Waals surface area contributed by atoms with E-state index >= 15 is 0 Å². The Morgan fingerprint density at radius 3 is 3.09 bits per heavy atom. The zero-order chi connectivity index (χ0) is 16.4. The van der Waals surface area contributed by atoms with E-state index in [0.717, 1.165) is 4.47 Å². The molecule has 2 aromatic rings. The average molecular weight is 380 g/mol. The van der Waals surface area contributed by atoms with Crippen LogP contribution < -0.4 is 5.56 Å². The van der Waals surface area contributed by atoms with Gasteiger partial charge >= 0.3 is 0 Å². The predicted molar refractivity (Wildman–Crippen MR) is 90.3 cm³/mol.